The number of carbonyl (C=O) groups is 2. The van der Waals surface area contributed by atoms with E-state index in [0.717, 1.165) is 41.7 Å². The third-order valence-corrected chi connectivity index (χ3v) is 6.55. The summed E-state index contributed by atoms with van der Waals surface area (Å²) < 4.78 is 7.30. The van der Waals surface area contributed by atoms with Gasteiger partial charge in [0.15, 0.2) is 0 Å². The lowest BCUT2D eigenvalue weighted by Crippen LogP contribution is -2.37. The smallest absolute Gasteiger partial charge is 0.242 e. The van der Waals surface area contributed by atoms with Gasteiger partial charge in [-0.05, 0) is 37.5 Å². The Balaban J connectivity index is 1.45. The number of benzene rings is 2. The number of piperidine rings is 1. The fraction of sp³-hybridized carbons (Fsp3) is 0.333. The number of nitrogens with zero attached hydrogens (tertiary/aromatic N) is 2. The summed E-state index contributed by atoms with van der Waals surface area (Å²) in [5.41, 5.74) is 1.67. The van der Waals surface area contributed by atoms with Gasteiger partial charge in [0.2, 0.25) is 11.8 Å². The highest BCUT2D eigenvalue weighted by molar-refractivity contribution is 8.00. The van der Waals surface area contributed by atoms with Gasteiger partial charge in [-0.3, -0.25) is 9.59 Å². The molecule has 1 N–H and O–H groups in total. The normalized spacial score (nSPS) is 13.9. The molecule has 0 bridgehead atoms. The van der Waals surface area contributed by atoms with Gasteiger partial charge in [0.05, 0.1) is 18.6 Å². The molecule has 1 aliphatic heterocycles. The van der Waals surface area contributed by atoms with E-state index in [1.165, 1.54) is 18.2 Å². The molecule has 2 amide bonds. The number of aromatic nitrogens is 1. The molecule has 7 heteroatoms. The van der Waals surface area contributed by atoms with Crippen molar-refractivity contribution in [1.29, 1.82) is 0 Å². The van der Waals surface area contributed by atoms with Crippen molar-refractivity contribution in [3.63, 3.8) is 0 Å². The molecule has 1 saturated heterocycles. The quantitative estimate of drug-likeness (QED) is 0.557. The van der Waals surface area contributed by atoms with Gasteiger partial charge in [-0.1, -0.05) is 30.3 Å². The lowest BCUT2D eigenvalue weighted by Gasteiger charge is -2.27. The summed E-state index contributed by atoms with van der Waals surface area (Å²) >= 11 is 1.48. The number of anilines is 1. The number of hydrogen-bond donors (Lipinski definition) is 1. The summed E-state index contributed by atoms with van der Waals surface area (Å²) in [6.07, 6.45) is 5.36. The van der Waals surface area contributed by atoms with E-state index in [2.05, 4.69) is 5.32 Å². The monoisotopic (exact) mass is 437 g/mol. The minimum Gasteiger partial charge on any atom is -0.495 e. The van der Waals surface area contributed by atoms with Crippen LogP contribution >= 0.6 is 11.8 Å². The van der Waals surface area contributed by atoms with E-state index in [9.17, 15) is 9.59 Å². The van der Waals surface area contributed by atoms with Crippen LogP contribution in [0.15, 0.2) is 59.6 Å². The Kier molecular flexibility index (Phi) is 6.82. The standard InChI is InChI=1S/C24H27N3O3S/c1-30-21-12-6-4-10-19(21)25-23(28)17-31-22-15-27(20-11-5-3-9-18(20)22)16-24(29)26-13-7-2-8-14-26/h3-6,9-12,15H,2,7-8,13-14,16-17H2,1H3,(H,25,28). The van der Waals surface area contributed by atoms with Crippen molar-refractivity contribution < 1.29 is 14.3 Å². The van der Waals surface area contributed by atoms with E-state index in [1.54, 1.807) is 7.11 Å². The third-order valence-electron chi connectivity index (χ3n) is 5.51. The van der Waals surface area contributed by atoms with Crippen LogP contribution in [0.4, 0.5) is 5.69 Å². The molecule has 2 aromatic carbocycles. The van der Waals surface area contributed by atoms with E-state index in [1.807, 2.05) is 64.2 Å². The Morgan fingerprint density at radius 3 is 2.58 bits per heavy atom. The Morgan fingerprint density at radius 2 is 1.77 bits per heavy atom. The number of amides is 2. The zero-order chi connectivity index (χ0) is 21.6. The summed E-state index contributed by atoms with van der Waals surface area (Å²) in [4.78, 5) is 28.3. The van der Waals surface area contributed by atoms with E-state index < -0.39 is 0 Å². The largest absolute Gasteiger partial charge is 0.495 e. The summed E-state index contributed by atoms with van der Waals surface area (Å²) in [7, 11) is 1.58. The van der Waals surface area contributed by atoms with Crippen LogP contribution in [0.2, 0.25) is 0 Å². The van der Waals surface area contributed by atoms with Crippen molar-refractivity contribution in [3.8, 4) is 5.75 Å². The highest BCUT2D eigenvalue weighted by atomic mass is 32.2. The Morgan fingerprint density at radius 1 is 1.03 bits per heavy atom. The molecule has 6 nitrogen and oxygen atoms in total. The number of rotatable bonds is 7. The maximum atomic E-state index is 12.8. The maximum Gasteiger partial charge on any atom is 0.242 e. The fourth-order valence-corrected chi connectivity index (χ4v) is 4.81. The van der Waals surface area contributed by atoms with Gasteiger partial charge >= 0.3 is 0 Å². The van der Waals surface area contributed by atoms with Gasteiger partial charge in [0.25, 0.3) is 0 Å². The lowest BCUT2D eigenvalue weighted by molar-refractivity contribution is -0.132. The zero-order valence-electron chi connectivity index (χ0n) is 17.7. The molecule has 2 heterocycles. The molecule has 1 aromatic heterocycles. The first-order valence-corrected chi connectivity index (χ1v) is 11.6. The van der Waals surface area contributed by atoms with Crippen molar-refractivity contribution in [2.75, 3.05) is 31.3 Å². The third kappa shape index (κ3) is 5.05. The Bertz CT molecular complexity index is 1070. The molecule has 162 valence electrons. The van der Waals surface area contributed by atoms with Crippen LogP contribution in [0.3, 0.4) is 0 Å². The predicted octanol–water partition coefficient (Wildman–Crippen LogP) is 4.39. The maximum absolute atomic E-state index is 12.8. The van der Waals surface area contributed by atoms with Gasteiger partial charge in [-0.2, -0.15) is 0 Å². The zero-order valence-corrected chi connectivity index (χ0v) is 18.5. The molecular weight excluding hydrogens is 410 g/mol. The minimum atomic E-state index is -0.101. The average molecular weight is 438 g/mol. The number of methoxy groups -OCH3 is 1. The lowest BCUT2D eigenvalue weighted by atomic mass is 10.1. The predicted molar refractivity (Wildman–Crippen MR) is 125 cm³/mol. The first-order valence-electron chi connectivity index (χ1n) is 10.6. The average Bonchev–Trinajstić information content (AvgIpc) is 3.16. The molecule has 4 rings (SSSR count). The number of para-hydroxylation sites is 3. The summed E-state index contributed by atoms with van der Waals surface area (Å²) in [6, 6.07) is 15.4. The van der Waals surface area contributed by atoms with Crippen molar-refractivity contribution in [2.24, 2.45) is 0 Å². The topological polar surface area (TPSA) is 63.6 Å². The van der Waals surface area contributed by atoms with Crippen molar-refractivity contribution in [2.45, 2.75) is 30.7 Å². The van der Waals surface area contributed by atoms with Crippen molar-refractivity contribution >= 4 is 40.2 Å². The Hall–Kier alpha value is -2.93. The van der Waals surface area contributed by atoms with Crippen LogP contribution < -0.4 is 10.1 Å². The highest BCUT2D eigenvalue weighted by Gasteiger charge is 2.19. The molecule has 3 aromatic rings. The van der Waals surface area contributed by atoms with Gasteiger partial charge in [-0.15, -0.1) is 11.8 Å². The number of likely N-dealkylation sites (tertiary alicyclic amines) is 1. The summed E-state index contributed by atoms with van der Waals surface area (Å²) in [6.45, 7) is 2.03. The van der Waals surface area contributed by atoms with Gasteiger partial charge in [0.1, 0.15) is 12.3 Å². The molecule has 0 unspecified atom stereocenters. The second-order valence-corrected chi connectivity index (χ2v) is 8.63. The fourth-order valence-electron chi connectivity index (χ4n) is 3.93. The van der Waals surface area contributed by atoms with Crippen LogP contribution in [0.5, 0.6) is 5.75 Å². The van der Waals surface area contributed by atoms with E-state index >= 15 is 0 Å². The molecule has 0 aliphatic carbocycles. The summed E-state index contributed by atoms with van der Waals surface area (Å²) in [5, 5.41) is 3.97. The van der Waals surface area contributed by atoms with Gasteiger partial charge < -0.3 is 19.5 Å². The van der Waals surface area contributed by atoms with E-state index in [-0.39, 0.29) is 17.6 Å². The number of fused-ring (bicyclic) bond motifs is 1. The van der Waals surface area contributed by atoms with Crippen LogP contribution in [-0.2, 0) is 16.1 Å². The van der Waals surface area contributed by atoms with Crippen LogP contribution in [0, 0.1) is 0 Å². The first kappa shape index (κ1) is 21.3. The highest BCUT2D eigenvalue weighted by Crippen LogP contribution is 2.31. The molecule has 31 heavy (non-hydrogen) atoms. The molecular formula is C24H27N3O3S. The van der Waals surface area contributed by atoms with Crippen LogP contribution in [0.1, 0.15) is 19.3 Å². The SMILES string of the molecule is COc1ccccc1NC(=O)CSc1cn(CC(=O)N2CCCCC2)c2ccccc12. The van der Waals surface area contributed by atoms with Crippen LogP contribution in [0.25, 0.3) is 10.9 Å². The van der Waals surface area contributed by atoms with Crippen LogP contribution in [-0.4, -0.2) is 47.2 Å². The van der Waals surface area contributed by atoms with Gasteiger partial charge in [0, 0.05) is 35.1 Å². The molecule has 1 fully saturated rings. The molecule has 0 radical (unpaired) electrons. The molecule has 1 aliphatic rings. The van der Waals surface area contributed by atoms with E-state index in [0.29, 0.717) is 18.0 Å². The number of ether oxygens (including phenoxy) is 1. The molecule has 0 saturated carbocycles. The van der Waals surface area contributed by atoms with E-state index in [4.69, 9.17) is 4.74 Å². The van der Waals surface area contributed by atoms with Gasteiger partial charge in [-0.25, -0.2) is 0 Å². The number of thioether (sulfide) groups is 1. The van der Waals surface area contributed by atoms with Crippen molar-refractivity contribution in [1.82, 2.24) is 9.47 Å². The second kappa shape index (κ2) is 9.92. The first-order chi connectivity index (χ1) is 15.2. The number of nitrogens with one attached hydrogen (secondary N) is 1. The van der Waals surface area contributed by atoms with Crippen molar-refractivity contribution in [3.05, 3.63) is 54.7 Å². The Labute approximate surface area is 186 Å². The molecule has 0 spiro atoms. The number of carbonyl (C=O) groups excluding carboxylic acids is 2. The number of hydrogen-bond acceptors (Lipinski definition) is 4. The molecule has 0 atom stereocenters. The minimum absolute atomic E-state index is 0.101. The second-order valence-electron chi connectivity index (χ2n) is 7.62. The summed E-state index contributed by atoms with van der Waals surface area (Å²) in [5.74, 6) is 0.960.